The van der Waals surface area contributed by atoms with Crippen LogP contribution in [-0.2, 0) is 24.5 Å². The van der Waals surface area contributed by atoms with Crippen LogP contribution in [0.2, 0.25) is 0 Å². The van der Waals surface area contributed by atoms with Gasteiger partial charge < -0.3 is 24.3 Å². The summed E-state index contributed by atoms with van der Waals surface area (Å²) in [5, 5.41) is 11.6. The number of aldehydes is 1. The summed E-state index contributed by atoms with van der Waals surface area (Å²) in [6.07, 6.45) is 1.11. The van der Waals surface area contributed by atoms with E-state index in [0.717, 1.165) is 12.7 Å². The van der Waals surface area contributed by atoms with Crippen molar-refractivity contribution < 1.29 is 29.0 Å². The maximum Gasteiger partial charge on any atom is 0.411 e. The number of nitrogens with zero attached hydrogens (tertiary/aromatic N) is 1. The van der Waals surface area contributed by atoms with Gasteiger partial charge in [0.2, 0.25) is 0 Å². The predicted octanol–water partition coefficient (Wildman–Crippen LogP) is 3.35. The molecule has 2 fully saturated rings. The maximum absolute atomic E-state index is 12.4. The molecule has 158 valence electrons. The molecule has 1 amide bonds. The number of carboxylic acid groups (broad SMARTS) is 1. The van der Waals surface area contributed by atoms with Gasteiger partial charge in [-0.2, -0.15) is 0 Å². The number of hydrogen-bond acceptors (Lipinski definition) is 5. The topological polar surface area (TPSA) is 93.1 Å². The fourth-order valence-electron chi connectivity index (χ4n) is 4.49. The third kappa shape index (κ3) is 4.03. The van der Waals surface area contributed by atoms with Crippen LogP contribution < -0.4 is 0 Å². The van der Waals surface area contributed by atoms with Crippen molar-refractivity contribution in [2.75, 3.05) is 19.9 Å². The number of fused-ring (bicyclic) bond motifs is 2. The maximum atomic E-state index is 12.4. The summed E-state index contributed by atoms with van der Waals surface area (Å²) >= 11 is 0. The average Bonchev–Trinajstić information content (AvgIpc) is 3.32. The van der Waals surface area contributed by atoms with Gasteiger partial charge in [-0.3, -0.25) is 0 Å². The number of amides is 1. The number of likely N-dealkylation sites (tertiary alicyclic amines) is 1. The Kier molecular flexibility index (Phi) is 5.72. The Morgan fingerprint density at radius 1 is 1.23 bits per heavy atom. The molecule has 1 N–H and O–H groups in total. The second-order valence-electron chi connectivity index (χ2n) is 8.12. The lowest BCUT2D eigenvalue weighted by molar-refractivity contribution is -0.158. The first-order valence-electron chi connectivity index (χ1n) is 10.2. The Morgan fingerprint density at radius 3 is 2.80 bits per heavy atom. The van der Waals surface area contributed by atoms with E-state index in [1.807, 2.05) is 12.1 Å². The highest BCUT2D eigenvalue weighted by molar-refractivity contribution is 5.83. The highest BCUT2D eigenvalue weighted by Gasteiger charge is 2.62. The van der Waals surface area contributed by atoms with Crippen molar-refractivity contribution >= 4 is 29.1 Å². The SMILES string of the molecule is O=CCCCC(OCOC(=O)N1C[C@H]2C[C@@]2(c2ccc3ccccc3c2)C1)C(=O)O. The molecule has 2 aromatic rings. The Balaban J connectivity index is 1.31. The van der Waals surface area contributed by atoms with Gasteiger partial charge in [-0.15, -0.1) is 0 Å². The van der Waals surface area contributed by atoms with Crippen molar-refractivity contribution in [3.8, 4) is 0 Å². The summed E-state index contributed by atoms with van der Waals surface area (Å²) in [6.45, 7) is 0.810. The van der Waals surface area contributed by atoms with E-state index in [0.29, 0.717) is 25.4 Å². The van der Waals surface area contributed by atoms with E-state index in [4.69, 9.17) is 14.6 Å². The predicted molar refractivity (Wildman–Crippen MR) is 109 cm³/mol. The monoisotopic (exact) mass is 411 g/mol. The fourth-order valence-corrected chi connectivity index (χ4v) is 4.49. The number of rotatable bonds is 9. The zero-order valence-corrected chi connectivity index (χ0v) is 16.7. The van der Waals surface area contributed by atoms with Gasteiger partial charge in [-0.25, -0.2) is 9.59 Å². The van der Waals surface area contributed by atoms with Gasteiger partial charge in [-0.1, -0.05) is 42.5 Å². The standard InChI is InChI=1S/C23H25NO6/c25-10-4-3-7-20(21(26)27)29-15-30-22(28)24-13-19-12-23(19,14-24)18-9-8-16-5-1-2-6-17(16)11-18/h1-2,5-6,8-11,19-20H,3-4,7,12-15H2,(H,26,27)/t19-,20?,23+/m1/s1. The molecule has 4 rings (SSSR count). The first-order valence-corrected chi connectivity index (χ1v) is 10.2. The van der Waals surface area contributed by atoms with Crippen molar-refractivity contribution in [3.63, 3.8) is 0 Å². The van der Waals surface area contributed by atoms with Crippen LogP contribution in [0.25, 0.3) is 10.8 Å². The van der Waals surface area contributed by atoms with Crippen LogP contribution in [0.4, 0.5) is 4.79 Å². The van der Waals surface area contributed by atoms with Crippen LogP contribution in [0.1, 0.15) is 31.2 Å². The number of unbranched alkanes of at least 4 members (excludes halogenated alkanes) is 1. The molecule has 1 aliphatic heterocycles. The van der Waals surface area contributed by atoms with Crippen molar-refractivity contribution in [2.24, 2.45) is 5.92 Å². The summed E-state index contributed by atoms with van der Waals surface area (Å²) in [5.74, 6) is -0.711. The molecular weight excluding hydrogens is 386 g/mol. The molecule has 1 aliphatic carbocycles. The quantitative estimate of drug-likeness (QED) is 0.386. The third-order valence-corrected chi connectivity index (χ3v) is 6.24. The third-order valence-electron chi connectivity index (χ3n) is 6.24. The first-order chi connectivity index (χ1) is 14.5. The molecule has 7 heteroatoms. The highest BCUT2D eigenvalue weighted by Crippen LogP contribution is 2.59. The van der Waals surface area contributed by atoms with E-state index in [1.165, 1.54) is 16.3 Å². The summed E-state index contributed by atoms with van der Waals surface area (Å²) in [5.41, 5.74) is 1.24. The smallest absolute Gasteiger partial charge is 0.411 e. The zero-order valence-electron chi connectivity index (χ0n) is 16.7. The molecule has 1 saturated carbocycles. The van der Waals surface area contributed by atoms with Crippen molar-refractivity contribution in [2.45, 2.75) is 37.2 Å². The molecule has 1 heterocycles. The average molecular weight is 411 g/mol. The number of benzene rings is 2. The lowest BCUT2D eigenvalue weighted by atomic mass is 9.93. The van der Waals surface area contributed by atoms with E-state index < -0.39 is 25.0 Å². The molecule has 30 heavy (non-hydrogen) atoms. The number of aliphatic carboxylic acids is 1. The number of hydrogen-bond donors (Lipinski definition) is 1. The number of carbonyl (C=O) groups is 3. The lowest BCUT2D eigenvalue weighted by Gasteiger charge is -2.21. The minimum Gasteiger partial charge on any atom is -0.479 e. The van der Waals surface area contributed by atoms with Crippen LogP contribution in [-0.4, -0.2) is 54.3 Å². The van der Waals surface area contributed by atoms with Crippen LogP contribution in [0.15, 0.2) is 42.5 Å². The van der Waals surface area contributed by atoms with Crippen molar-refractivity contribution in [3.05, 3.63) is 48.0 Å². The molecule has 1 unspecified atom stereocenters. The van der Waals surface area contributed by atoms with Gasteiger partial charge in [0.05, 0.1) is 0 Å². The van der Waals surface area contributed by atoms with Gasteiger partial charge in [0.25, 0.3) is 0 Å². The van der Waals surface area contributed by atoms with Crippen molar-refractivity contribution in [1.82, 2.24) is 4.90 Å². The Hall–Kier alpha value is -2.93. The van der Waals surface area contributed by atoms with Crippen LogP contribution in [0.3, 0.4) is 0 Å². The molecule has 1 saturated heterocycles. The van der Waals surface area contributed by atoms with E-state index in [-0.39, 0.29) is 18.3 Å². The minimum absolute atomic E-state index is 0.0116. The molecule has 3 atom stereocenters. The second-order valence-corrected chi connectivity index (χ2v) is 8.12. The number of piperidine rings is 1. The Bertz CT molecular complexity index is 960. The highest BCUT2D eigenvalue weighted by atomic mass is 16.7. The Morgan fingerprint density at radius 2 is 2.03 bits per heavy atom. The van der Waals surface area contributed by atoms with E-state index >= 15 is 0 Å². The van der Waals surface area contributed by atoms with Gasteiger partial charge in [0.15, 0.2) is 12.9 Å². The Labute approximate surface area is 174 Å². The van der Waals surface area contributed by atoms with E-state index in [9.17, 15) is 14.4 Å². The van der Waals surface area contributed by atoms with Crippen molar-refractivity contribution in [1.29, 1.82) is 0 Å². The minimum atomic E-state index is -1.13. The zero-order chi connectivity index (χ0) is 21.1. The number of carbonyl (C=O) groups excluding carboxylic acids is 2. The van der Waals surface area contributed by atoms with Gasteiger partial charge in [0, 0.05) is 24.9 Å². The summed E-state index contributed by atoms with van der Waals surface area (Å²) in [6, 6.07) is 14.7. The summed E-state index contributed by atoms with van der Waals surface area (Å²) in [7, 11) is 0. The molecule has 2 aliphatic rings. The van der Waals surface area contributed by atoms with Crippen LogP contribution in [0.5, 0.6) is 0 Å². The number of ether oxygens (including phenoxy) is 2. The number of carboxylic acids is 1. The summed E-state index contributed by atoms with van der Waals surface area (Å²) in [4.78, 5) is 35.7. The normalized spacial score (nSPS) is 23.1. The van der Waals surface area contributed by atoms with Crippen LogP contribution >= 0.6 is 0 Å². The van der Waals surface area contributed by atoms with E-state index in [1.54, 1.807) is 4.90 Å². The first kappa shape index (κ1) is 20.3. The summed E-state index contributed by atoms with van der Waals surface area (Å²) < 4.78 is 10.4. The molecule has 0 aromatic heterocycles. The van der Waals surface area contributed by atoms with Gasteiger partial charge >= 0.3 is 12.1 Å². The molecule has 2 aromatic carbocycles. The fraction of sp³-hybridized carbons (Fsp3) is 0.435. The van der Waals surface area contributed by atoms with Gasteiger partial charge in [0.1, 0.15) is 6.29 Å². The van der Waals surface area contributed by atoms with E-state index in [2.05, 4.69) is 30.3 Å². The van der Waals surface area contributed by atoms with Gasteiger partial charge in [-0.05, 0) is 41.5 Å². The molecule has 7 nitrogen and oxygen atoms in total. The molecular formula is C23H25NO6. The largest absolute Gasteiger partial charge is 0.479 e. The molecule has 0 radical (unpaired) electrons. The molecule has 0 bridgehead atoms. The van der Waals surface area contributed by atoms with Crippen LogP contribution in [0, 0.1) is 5.92 Å². The lowest BCUT2D eigenvalue weighted by Crippen LogP contribution is -2.34. The second kappa shape index (κ2) is 8.44. The molecule has 0 spiro atoms.